The molecule has 0 fully saturated rings. The number of aryl methyl sites for hydroxylation is 1. The molecule has 0 aliphatic carbocycles. The summed E-state index contributed by atoms with van der Waals surface area (Å²) in [5.74, 6) is -2.62. The van der Waals surface area contributed by atoms with Crippen molar-refractivity contribution in [3.05, 3.63) is 59.1 Å². The minimum absolute atomic E-state index is 0.0219. The number of carbonyl (C=O) groups excluding carboxylic acids is 1. The molecule has 0 atom stereocenters. The van der Waals surface area contributed by atoms with Gasteiger partial charge in [0, 0.05) is 22.9 Å². The van der Waals surface area contributed by atoms with Crippen LogP contribution in [0.4, 0.5) is 10.1 Å². The fourth-order valence-electron chi connectivity index (χ4n) is 2.61. The van der Waals surface area contributed by atoms with E-state index in [1.54, 1.807) is 6.92 Å². The number of benzene rings is 2. The molecule has 0 saturated heterocycles. The Hall–Kier alpha value is -3.20. The van der Waals surface area contributed by atoms with E-state index in [-0.39, 0.29) is 21.9 Å². The minimum atomic E-state index is -3.69. The van der Waals surface area contributed by atoms with Gasteiger partial charge >= 0.3 is 5.97 Å². The third-order valence-electron chi connectivity index (χ3n) is 3.94. The first-order valence-corrected chi connectivity index (χ1v) is 9.54. The van der Waals surface area contributed by atoms with Gasteiger partial charge in [0.15, 0.2) is 15.6 Å². The van der Waals surface area contributed by atoms with Gasteiger partial charge in [0.2, 0.25) is 0 Å². The second-order valence-electron chi connectivity index (χ2n) is 5.97. The lowest BCUT2D eigenvalue weighted by Gasteiger charge is -2.08. The molecule has 140 valence electrons. The Bertz CT molecular complexity index is 1200. The highest BCUT2D eigenvalue weighted by Crippen LogP contribution is 2.27. The van der Waals surface area contributed by atoms with Gasteiger partial charge < -0.3 is 14.8 Å². The van der Waals surface area contributed by atoms with Crippen LogP contribution in [-0.2, 0) is 9.84 Å². The van der Waals surface area contributed by atoms with Crippen LogP contribution < -0.4 is 5.32 Å². The highest BCUT2D eigenvalue weighted by molar-refractivity contribution is 7.90. The number of halogens is 1. The zero-order valence-electron chi connectivity index (χ0n) is 14.2. The number of sulfone groups is 1. The van der Waals surface area contributed by atoms with Gasteiger partial charge in [-0.1, -0.05) is 0 Å². The van der Waals surface area contributed by atoms with Crippen LogP contribution in [0.15, 0.2) is 45.7 Å². The summed E-state index contributed by atoms with van der Waals surface area (Å²) in [4.78, 5) is 23.5. The van der Waals surface area contributed by atoms with Crippen molar-refractivity contribution in [1.29, 1.82) is 0 Å². The normalized spacial score (nSPS) is 11.5. The average molecular weight is 391 g/mol. The number of furan rings is 1. The van der Waals surface area contributed by atoms with Crippen molar-refractivity contribution in [3.63, 3.8) is 0 Å². The molecule has 7 nitrogen and oxygen atoms in total. The zero-order chi connectivity index (χ0) is 19.9. The number of anilines is 1. The lowest BCUT2D eigenvalue weighted by molar-refractivity contribution is 0.0696. The van der Waals surface area contributed by atoms with Crippen LogP contribution in [0.3, 0.4) is 0 Å². The van der Waals surface area contributed by atoms with Crippen LogP contribution in [0, 0.1) is 12.7 Å². The van der Waals surface area contributed by atoms with Gasteiger partial charge in [0.05, 0.1) is 10.5 Å². The van der Waals surface area contributed by atoms with E-state index in [2.05, 4.69) is 5.32 Å². The summed E-state index contributed by atoms with van der Waals surface area (Å²) in [6.07, 6.45) is 0.928. The molecule has 0 radical (unpaired) electrons. The lowest BCUT2D eigenvalue weighted by Crippen LogP contribution is -2.13. The van der Waals surface area contributed by atoms with Gasteiger partial charge in [-0.15, -0.1) is 0 Å². The van der Waals surface area contributed by atoms with Gasteiger partial charge in [0.1, 0.15) is 11.4 Å². The summed E-state index contributed by atoms with van der Waals surface area (Å²) >= 11 is 0. The minimum Gasteiger partial charge on any atom is -0.478 e. The number of nitrogens with one attached hydrogen (secondary N) is 1. The lowest BCUT2D eigenvalue weighted by atomic mass is 10.1. The summed E-state index contributed by atoms with van der Waals surface area (Å²) in [6, 6.07) is 7.10. The van der Waals surface area contributed by atoms with Crippen LogP contribution in [0.2, 0.25) is 0 Å². The first-order valence-electron chi connectivity index (χ1n) is 7.64. The number of carboxylic acid groups (broad SMARTS) is 1. The standard InChI is InChI=1S/C18H14FNO6S/c1-9-14-7-11(19)3-4-15(14)26-16(9)17(21)20-12-5-10(18(22)23)6-13(8-12)27(2,24)25/h3-8H,1-2H3,(H,20,21)(H,22,23). The van der Waals surface area contributed by atoms with Crippen molar-refractivity contribution in [1.82, 2.24) is 0 Å². The third-order valence-corrected chi connectivity index (χ3v) is 5.04. The molecule has 0 spiro atoms. The Morgan fingerprint density at radius 2 is 1.85 bits per heavy atom. The fraction of sp³-hybridized carbons (Fsp3) is 0.111. The van der Waals surface area contributed by atoms with Gasteiger partial charge in [-0.25, -0.2) is 17.6 Å². The first-order chi connectivity index (χ1) is 12.6. The highest BCUT2D eigenvalue weighted by Gasteiger charge is 2.20. The van der Waals surface area contributed by atoms with Crippen LogP contribution in [0.1, 0.15) is 26.5 Å². The molecule has 0 unspecified atom stereocenters. The summed E-state index contributed by atoms with van der Waals surface area (Å²) in [5.41, 5.74) is 0.401. The Balaban J connectivity index is 2.02. The second-order valence-corrected chi connectivity index (χ2v) is 7.99. The zero-order valence-corrected chi connectivity index (χ0v) is 15.1. The predicted molar refractivity (Wildman–Crippen MR) is 95.4 cm³/mol. The molecular weight excluding hydrogens is 377 g/mol. The maximum Gasteiger partial charge on any atom is 0.335 e. The van der Waals surface area contributed by atoms with Gasteiger partial charge in [-0.3, -0.25) is 4.79 Å². The SMILES string of the molecule is Cc1c(C(=O)Nc2cc(C(=O)O)cc(S(C)(=O)=O)c2)oc2ccc(F)cc12. The molecule has 0 bridgehead atoms. The van der Waals surface area contributed by atoms with E-state index in [9.17, 15) is 22.4 Å². The van der Waals surface area contributed by atoms with Gasteiger partial charge in [-0.05, 0) is 43.3 Å². The monoisotopic (exact) mass is 391 g/mol. The van der Waals surface area contributed by atoms with Crippen LogP contribution in [0.25, 0.3) is 11.0 Å². The van der Waals surface area contributed by atoms with E-state index in [1.165, 1.54) is 18.2 Å². The third kappa shape index (κ3) is 3.68. The van der Waals surface area contributed by atoms with Crippen LogP contribution in [0.5, 0.6) is 0 Å². The van der Waals surface area contributed by atoms with Crippen molar-refractivity contribution in [2.24, 2.45) is 0 Å². The average Bonchev–Trinajstić information content (AvgIpc) is 2.90. The van der Waals surface area contributed by atoms with E-state index >= 15 is 0 Å². The Morgan fingerprint density at radius 3 is 2.48 bits per heavy atom. The molecule has 2 aromatic carbocycles. The molecule has 3 rings (SSSR count). The first kappa shape index (κ1) is 18.6. The van der Waals surface area contributed by atoms with Crippen molar-refractivity contribution in [3.8, 4) is 0 Å². The van der Waals surface area contributed by atoms with Crippen molar-refractivity contribution in [2.45, 2.75) is 11.8 Å². The molecule has 2 N–H and O–H groups in total. The van der Waals surface area contributed by atoms with E-state index in [0.717, 1.165) is 24.5 Å². The maximum atomic E-state index is 13.4. The summed E-state index contributed by atoms with van der Waals surface area (Å²) in [7, 11) is -3.69. The van der Waals surface area contributed by atoms with E-state index < -0.39 is 27.5 Å². The van der Waals surface area contributed by atoms with Crippen molar-refractivity contribution < 1.29 is 31.9 Å². The molecule has 9 heteroatoms. The molecule has 27 heavy (non-hydrogen) atoms. The number of amides is 1. The van der Waals surface area contributed by atoms with E-state index in [4.69, 9.17) is 9.52 Å². The highest BCUT2D eigenvalue weighted by atomic mass is 32.2. The molecule has 0 aliphatic rings. The molecular formula is C18H14FNO6S. The predicted octanol–water partition coefficient (Wildman–Crippen LogP) is 3.23. The smallest absolute Gasteiger partial charge is 0.335 e. The molecule has 3 aromatic rings. The number of rotatable bonds is 4. The van der Waals surface area contributed by atoms with E-state index in [1.807, 2.05) is 0 Å². The van der Waals surface area contributed by atoms with Gasteiger partial charge in [-0.2, -0.15) is 0 Å². The number of hydrogen-bond donors (Lipinski definition) is 2. The number of carboxylic acids is 1. The number of aromatic carboxylic acids is 1. The summed E-state index contributed by atoms with van der Waals surface area (Å²) in [6.45, 7) is 1.58. The Labute approximate surface area is 153 Å². The van der Waals surface area contributed by atoms with Gasteiger partial charge in [0.25, 0.3) is 5.91 Å². The quantitative estimate of drug-likeness (QED) is 0.706. The summed E-state index contributed by atoms with van der Waals surface area (Å²) < 4.78 is 42.4. The van der Waals surface area contributed by atoms with Crippen LogP contribution >= 0.6 is 0 Å². The molecule has 0 saturated carbocycles. The Morgan fingerprint density at radius 1 is 1.15 bits per heavy atom. The van der Waals surface area contributed by atoms with Crippen molar-refractivity contribution in [2.75, 3.05) is 11.6 Å². The number of fused-ring (bicyclic) bond motifs is 1. The molecule has 1 heterocycles. The van der Waals surface area contributed by atoms with Crippen LogP contribution in [-0.4, -0.2) is 31.7 Å². The second kappa shape index (κ2) is 6.51. The number of hydrogen-bond acceptors (Lipinski definition) is 5. The molecule has 1 aromatic heterocycles. The largest absolute Gasteiger partial charge is 0.478 e. The fourth-order valence-corrected chi connectivity index (χ4v) is 3.29. The summed E-state index contributed by atoms with van der Waals surface area (Å²) in [5, 5.41) is 12.0. The Kier molecular flexibility index (Phi) is 4.48. The molecule has 1 amide bonds. The maximum absolute atomic E-state index is 13.4. The number of carbonyl (C=O) groups is 2. The van der Waals surface area contributed by atoms with Crippen molar-refractivity contribution >= 4 is 38.4 Å². The van der Waals surface area contributed by atoms with E-state index in [0.29, 0.717) is 16.5 Å². The topological polar surface area (TPSA) is 114 Å². The molecule has 0 aliphatic heterocycles.